The largest absolute Gasteiger partial charge is 0.461 e. The van der Waals surface area contributed by atoms with Crippen LogP contribution in [-0.2, 0) is 11.3 Å². The highest BCUT2D eigenvalue weighted by Crippen LogP contribution is 2.25. The minimum atomic E-state index is -0.159. The van der Waals surface area contributed by atoms with Crippen molar-refractivity contribution in [3.8, 4) is 17.7 Å². The minimum Gasteiger partial charge on any atom is -0.461 e. The second-order valence-electron chi connectivity index (χ2n) is 5.29. The summed E-state index contributed by atoms with van der Waals surface area (Å²) in [6.45, 7) is 2.63. The van der Waals surface area contributed by atoms with Crippen LogP contribution in [0.5, 0.6) is 0 Å². The predicted molar refractivity (Wildman–Crippen MR) is 98.5 cm³/mol. The highest BCUT2D eigenvalue weighted by Gasteiger charge is 2.19. The molecule has 0 radical (unpaired) electrons. The van der Waals surface area contributed by atoms with Gasteiger partial charge in [-0.25, -0.2) is 0 Å². The molecule has 0 bridgehead atoms. The van der Waals surface area contributed by atoms with Crippen molar-refractivity contribution >= 4 is 23.4 Å². The number of nitrogens with zero attached hydrogens (tertiary/aromatic N) is 5. The third-order valence-corrected chi connectivity index (χ3v) is 4.65. The Morgan fingerprint density at radius 3 is 2.73 bits per heavy atom. The number of aromatic nitrogens is 3. The van der Waals surface area contributed by atoms with Gasteiger partial charge in [-0.1, -0.05) is 30.0 Å². The van der Waals surface area contributed by atoms with E-state index >= 15 is 0 Å². The lowest BCUT2D eigenvalue weighted by molar-refractivity contribution is -0.116. The number of amides is 1. The number of anilines is 1. The van der Waals surface area contributed by atoms with Crippen molar-refractivity contribution in [3.63, 3.8) is 0 Å². The van der Waals surface area contributed by atoms with Gasteiger partial charge in [-0.05, 0) is 31.2 Å². The molecule has 132 valence electrons. The van der Waals surface area contributed by atoms with Crippen molar-refractivity contribution in [3.05, 3.63) is 48.7 Å². The van der Waals surface area contributed by atoms with Gasteiger partial charge >= 0.3 is 0 Å². The van der Waals surface area contributed by atoms with E-state index in [1.807, 2.05) is 54.0 Å². The van der Waals surface area contributed by atoms with Gasteiger partial charge in [0.25, 0.3) is 0 Å². The summed E-state index contributed by atoms with van der Waals surface area (Å²) >= 11 is 1.29. The molecule has 2 heterocycles. The molecular formula is C18H17N5O2S. The number of furan rings is 1. The van der Waals surface area contributed by atoms with Crippen LogP contribution in [0.4, 0.5) is 5.69 Å². The SMILES string of the molecule is CCn1c(SCC(=O)N(CC#N)c2ccccc2)nnc1-c1ccco1. The molecule has 0 aliphatic carbocycles. The molecule has 1 amide bonds. The van der Waals surface area contributed by atoms with Crippen LogP contribution < -0.4 is 4.90 Å². The van der Waals surface area contributed by atoms with Gasteiger partial charge in [-0.15, -0.1) is 10.2 Å². The summed E-state index contributed by atoms with van der Waals surface area (Å²) in [7, 11) is 0. The van der Waals surface area contributed by atoms with Gasteiger partial charge in [-0.3, -0.25) is 14.3 Å². The van der Waals surface area contributed by atoms with E-state index in [1.165, 1.54) is 16.7 Å². The van der Waals surface area contributed by atoms with E-state index in [1.54, 1.807) is 12.3 Å². The first-order valence-corrected chi connectivity index (χ1v) is 9.05. The molecule has 0 spiro atoms. The fraction of sp³-hybridized carbons (Fsp3) is 0.222. The number of carbonyl (C=O) groups excluding carboxylic acids is 1. The molecule has 8 heteroatoms. The fourth-order valence-electron chi connectivity index (χ4n) is 2.47. The summed E-state index contributed by atoms with van der Waals surface area (Å²) in [6.07, 6.45) is 1.58. The van der Waals surface area contributed by atoms with Gasteiger partial charge in [0.1, 0.15) is 6.54 Å². The molecule has 1 aromatic carbocycles. The third-order valence-electron chi connectivity index (χ3n) is 3.70. The number of rotatable bonds is 7. The second kappa shape index (κ2) is 8.36. The van der Waals surface area contributed by atoms with Crippen molar-refractivity contribution in [2.24, 2.45) is 0 Å². The number of hydrogen-bond acceptors (Lipinski definition) is 6. The number of para-hydroxylation sites is 1. The Morgan fingerprint density at radius 1 is 1.27 bits per heavy atom. The monoisotopic (exact) mass is 367 g/mol. The minimum absolute atomic E-state index is 0.00151. The Hall–Kier alpha value is -3.05. The lowest BCUT2D eigenvalue weighted by Crippen LogP contribution is -2.32. The average molecular weight is 367 g/mol. The van der Waals surface area contributed by atoms with Crippen molar-refractivity contribution < 1.29 is 9.21 Å². The maximum atomic E-state index is 12.6. The van der Waals surface area contributed by atoms with E-state index < -0.39 is 0 Å². The molecule has 0 N–H and O–H groups in total. The molecule has 0 unspecified atom stereocenters. The van der Waals surface area contributed by atoms with E-state index in [4.69, 9.17) is 9.68 Å². The molecule has 3 aromatic rings. The van der Waals surface area contributed by atoms with E-state index in [2.05, 4.69) is 10.2 Å². The molecule has 2 aromatic heterocycles. The first kappa shape index (κ1) is 17.8. The Bertz CT molecular complexity index is 900. The number of benzene rings is 1. The van der Waals surface area contributed by atoms with Crippen LogP contribution in [-0.4, -0.2) is 33.0 Å². The van der Waals surface area contributed by atoms with Crippen LogP contribution in [0.15, 0.2) is 58.3 Å². The van der Waals surface area contributed by atoms with E-state index in [0.29, 0.717) is 29.0 Å². The zero-order chi connectivity index (χ0) is 18.4. The fourth-order valence-corrected chi connectivity index (χ4v) is 3.35. The standard InChI is InChI=1S/C18H17N5O2S/c1-2-22-17(15-9-6-12-25-15)20-21-18(22)26-13-16(24)23(11-10-19)14-7-4-3-5-8-14/h3-9,12H,2,11,13H2,1H3. The summed E-state index contributed by atoms with van der Waals surface area (Å²) < 4.78 is 7.28. The van der Waals surface area contributed by atoms with E-state index in [9.17, 15) is 4.79 Å². The van der Waals surface area contributed by atoms with Crippen molar-refractivity contribution in [1.82, 2.24) is 14.8 Å². The smallest absolute Gasteiger partial charge is 0.238 e. The predicted octanol–water partition coefficient (Wildman–Crippen LogP) is 3.21. The second-order valence-corrected chi connectivity index (χ2v) is 6.23. The lowest BCUT2D eigenvalue weighted by Gasteiger charge is -2.19. The summed E-state index contributed by atoms with van der Waals surface area (Å²) in [6, 6.07) is 14.8. The first-order valence-electron chi connectivity index (χ1n) is 8.06. The van der Waals surface area contributed by atoms with E-state index in [0.717, 1.165) is 0 Å². The number of hydrogen-bond donors (Lipinski definition) is 0. The van der Waals surface area contributed by atoms with Gasteiger partial charge in [0.2, 0.25) is 5.91 Å². The van der Waals surface area contributed by atoms with Gasteiger partial charge < -0.3 is 4.42 Å². The lowest BCUT2D eigenvalue weighted by atomic mass is 10.3. The van der Waals surface area contributed by atoms with Gasteiger partial charge in [-0.2, -0.15) is 5.26 Å². The van der Waals surface area contributed by atoms with Crippen molar-refractivity contribution in [2.75, 3.05) is 17.2 Å². The van der Waals surface area contributed by atoms with Crippen LogP contribution in [0, 0.1) is 11.3 Å². The van der Waals surface area contributed by atoms with Gasteiger partial charge in [0.05, 0.1) is 18.1 Å². The maximum Gasteiger partial charge on any atom is 0.238 e. The summed E-state index contributed by atoms with van der Waals surface area (Å²) in [5.74, 6) is 1.26. The number of carbonyl (C=O) groups is 1. The molecule has 0 saturated heterocycles. The topological polar surface area (TPSA) is 88.0 Å². The molecule has 7 nitrogen and oxygen atoms in total. The summed E-state index contributed by atoms with van der Waals surface area (Å²) in [5, 5.41) is 18.0. The summed E-state index contributed by atoms with van der Waals surface area (Å²) in [4.78, 5) is 14.1. The first-order chi connectivity index (χ1) is 12.7. The molecule has 3 rings (SSSR count). The van der Waals surface area contributed by atoms with Crippen LogP contribution in [0.2, 0.25) is 0 Å². The molecule has 26 heavy (non-hydrogen) atoms. The van der Waals surface area contributed by atoms with Crippen molar-refractivity contribution in [2.45, 2.75) is 18.6 Å². The highest BCUT2D eigenvalue weighted by atomic mass is 32.2. The Balaban J connectivity index is 1.74. The van der Waals surface area contributed by atoms with Crippen LogP contribution in [0.25, 0.3) is 11.6 Å². The van der Waals surface area contributed by atoms with Crippen LogP contribution in [0.1, 0.15) is 6.92 Å². The summed E-state index contributed by atoms with van der Waals surface area (Å²) in [5.41, 5.74) is 0.702. The van der Waals surface area contributed by atoms with E-state index in [-0.39, 0.29) is 18.2 Å². The van der Waals surface area contributed by atoms with Gasteiger partial charge in [0, 0.05) is 12.2 Å². The van der Waals surface area contributed by atoms with Crippen LogP contribution in [0.3, 0.4) is 0 Å². The number of thioether (sulfide) groups is 1. The zero-order valence-electron chi connectivity index (χ0n) is 14.2. The molecule has 0 saturated carbocycles. The highest BCUT2D eigenvalue weighted by molar-refractivity contribution is 7.99. The third kappa shape index (κ3) is 3.78. The molecule has 0 fully saturated rings. The average Bonchev–Trinajstić information content (AvgIpc) is 3.33. The van der Waals surface area contributed by atoms with Gasteiger partial charge in [0.15, 0.2) is 16.7 Å². The Labute approximate surface area is 155 Å². The molecular weight excluding hydrogens is 350 g/mol. The van der Waals surface area contributed by atoms with Crippen LogP contribution >= 0.6 is 11.8 Å². The Morgan fingerprint density at radius 2 is 2.08 bits per heavy atom. The normalized spacial score (nSPS) is 10.5. The van der Waals surface area contributed by atoms with Crippen molar-refractivity contribution in [1.29, 1.82) is 5.26 Å². The maximum absolute atomic E-state index is 12.6. The number of nitriles is 1. The molecule has 0 aliphatic heterocycles. The quantitative estimate of drug-likeness (QED) is 0.471. The molecule has 0 atom stereocenters. The Kier molecular flexibility index (Phi) is 5.71. The molecule has 0 aliphatic rings. The zero-order valence-corrected chi connectivity index (χ0v) is 15.0.